The van der Waals surface area contributed by atoms with Crippen LogP contribution in [0.15, 0.2) is 84.9 Å². The first-order chi connectivity index (χ1) is 16.8. The Kier molecular flexibility index (Phi) is 7.09. The van der Waals surface area contributed by atoms with Crippen LogP contribution in [-0.4, -0.2) is 16.7 Å². The van der Waals surface area contributed by atoms with E-state index in [0.29, 0.717) is 34.2 Å². The number of benzene rings is 4. The van der Waals surface area contributed by atoms with Crippen LogP contribution in [0.3, 0.4) is 0 Å². The molecule has 0 bridgehead atoms. The molecule has 3 heteroatoms. The molecule has 0 spiro atoms. The lowest BCUT2D eigenvalue weighted by Crippen LogP contribution is -2.18. The van der Waals surface area contributed by atoms with Crippen molar-refractivity contribution in [3.05, 3.63) is 129 Å². The second kappa shape index (κ2) is 10.2. The van der Waals surface area contributed by atoms with E-state index in [4.69, 9.17) is 0 Å². The van der Waals surface area contributed by atoms with E-state index in [1.165, 1.54) is 0 Å². The average Bonchev–Trinajstić information content (AvgIpc) is 2.87. The summed E-state index contributed by atoms with van der Waals surface area (Å²) in [5.41, 5.74) is 7.21. The maximum Gasteiger partial charge on any atom is 0.196 e. The Hall–Kier alpha value is -3.82. The van der Waals surface area contributed by atoms with E-state index in [2.05, 4.69) is 0 Å². The number of carbonyl (C=O) groups excluding carboxylic acids is 2. The van der Waals surface area contributed by atoms with Crippen LogP contribution in [0, 0.1) is 20.8 Å². The quantitative estimate of drug-likeness (QED) is 0.301. The predicted molar refractivity (Wildman–Crippen MR) is 141 cm³/mol. The van der Waals surface area contributed by atoms with Gasteiger partial charge >= 0.3 is 0 Å². The molecule has 0 saturated heterocycles. The average molecular weight is 463 g/mol. The summed E-state index contributed by atoms with van der Waals surface area (Å²) in [7, 11) is 0. The summed E-state index contributed by atoms with van der Waals surface area (Å²) >= 11 is 0. The minimum Gasteiger partial charge on any atom is -0.380 e. The molecule has 1 atom stereocenters. The van der Waals surface area contributed by atoms with E-state index >= 15 is 0 Å². The number of carbonyl (C=O) groups is 2. The van der Waals surface area contributed by atoms with Crippen LogP contribution in [0.5, 0.6) is 0 Å². The van der Waals surface area contributed by atoms with Crippen LogP contribution >= 0.6 is 0 Å². The Morgan fingerprint density at radius 1 is 0.771 bits per heavy atom. The molecule has 0 aliphatic rings. The highest BCUT2D eigenvalue weighted by molar-refractivity contribution is 6.18. The van der Waals surface area contributed by atoms with Crippen molar-refractivity contribution in [1.29, 1.82) is 0 Å². The van der Waals surface area contributed by atoms with Crippen LogP contribution < -0.4 is 0 Å². The van der Waals surface area contributed by atoms with E-state index in [9.17, 15) is 14.7 Å². The number of aliphatic hydroxyl groups excluding tert-OH is 1. The van der Waals surface area contributed by atoms with E-state index in [1.54, 1.807) is 30.3 Å². The summed E-state index contributed by atoms with van der Waals surface area (Å²) in [6.45, 7) is 7.94. The molecule has 0 radical (unpaired) electrons. The third-order valence-corrected chi connectivity index (χ3v) is 6.50. The summed E-state index contributed by atoms with van der Waals surface area (Å²) in [5, 5.41) is 11.0. The second-order valence-corrected chi connectivity index (χ2v) is 9.02. The van der Waals surface area contributed by atoms with Crippen molar-refractivity contribution in [2.75, 3.05) is 0 Å². The summed E-state index contributed by atoms with van der Waals surface area (Å²) in [6, 6.07) is 26.0. The standard InChI is InChI=1S/C32H30O3/c1-5-23-16-17-26(31(34)30(33)25-14-10-7-11-15-25)28(24-12-8-6-9-13-24)29(23)32(35)27-21(3)18-20(2)19-22(27)4/h6-19,30,33H,5H2,1-4H3. The third-order valence-electron chi connectivity index (χ3n) is 6.50. The van der Waals surface area contributed by atoms with Gasteiger partial charge in [0.15, 0.2) is 11.6 Å². The summed E-state index contributed by atoms with van der Waals surface area (Å²) in [6.07, 6.45) is -0.683. The molecule has 0 fully saturated rings. The normalized spacial score (nSPS) is 11.8. The summed E-state index contributed by atoms with van der Waals surface area (Å²) in [5.74, 6) is -0.524. The molecular formula is C32H30O3. The molecule has 4 aromatic rings. The summed E-state index contributed by atoms with van der Waals surface area (Å²) in [4.78, 5) is 27.9. The minimum atomic E-state index is -1.32. The fourth-order valence-corrected chi connectivity index (χ4v) is 4.91. The number of ketones is 2. The van der Waals surface area contributed by atoms with Crippen LogP contribution in [-0.2, 0) is 6.42 Å². The Morgan fingerprint density at radius 2 is 1.34 bits per heavy atom. The van der Waals surface area contributed by atoms with Crippen LogP contribution in [0.2, 0.25) is 0 Å². The molecule has 1 N–H and O–H groups in total. The van der Waals surface area contributed by atoms with Gasteiger partial charge in [-0.3, -0.25) is 9.59 Å². The van der Waals surface area contributed by atoms with E-state index in [1.807, 2.05) is 82.3 Å². The van der Waals surface area contributed by atoms with Gasteiger partial charge in [-0.05, 0) is 55.0 Å². The first-order valence-electron chi connectivity index (χ1n) is 11.9. The highest BCUT2D eigenvalue weighted by atomic mass is 16.3. The fraction of sp³-hybridized carbons (Fsp3) is 0.188. The number of hydrogen-bond acceptors (Lipinski definition) is 3. The Balaban J connectivity index is 1.99. The van der Waals surface area contributed by atoms with Crippen LogP contribution in [0.1, 0.15) is 67.1 Å². The van der Waals surface area contributed by atoms with Gasteiger partial charge in [0.25, 0.3) is 0 Å². The molecule has 3 nitrogen and oxygen atoms in total. The first kappa shape index (κ1) is 24.3. The van der Waals surface area contributed by atoms with Crippen molar-refractivity contribution in [3.63, 3.8) is 0 Å². The molecule has 0 aliphatic heterocycles. The zero-order chi connectivity index (χ0) is 25.1. The van der Waals surface area contributed by atoms with Crippen molar-refractivity contribution in [1.82, 2.24) is 0 Å². The predicted octanol–water partition coefficient (Wildman–Crippen LogP) is 6.99. The van der Waals surface area contributed by atoms with Gasteiger partial charge < -0.3 is 5.11 Å². The molecule has 0 amide bonds. The maximum absolute atomic E-state index is 14.2. The van der Waals surface area contributed by atoms with Crippen molar-refractivity contribution in [3.8, 4) is 11.1 Å². The minimum absolute atomic E-state index is 0.0976. The van der Waals surface area contributed by atoms with Crippen molar-refractivity contribution in [2.45, 2.75) is 40.2 Å². The van der Waals surface area contributed by atoms with Gasteiger partial charge in [-0.2, -0.15) is 0 Å². The van der Waals surface area contributed by atoms with E-state index in [0.717, 1.165) is 27.8 Å². The first-order valence-corrected chi connectivity index (χ1v) is 11.9. The van der Waals surface area contributed by atoms with Gasteiger partial charge in [0, 0.05) is 22.3 Å². The van der Waals surface area contributed by atoms with Gasteiger partial charge in [0.05, 0.1) is 0 Å². The number of hydrogen-bond donors (Lipinski definition) is 1. The van der Waals surface area contributed by atoms with Crippen molar-refractivity contribution < 1.29 is 14.7 Å². The molecule has 0 saturated carbocycles. The van der Waals surface area contributed by atoms with Crippen LogP contribution in [0.25, 0.3) is 11.1 Å². The summed E-state index contributed by atoms with van der Waals surface area (Å²) < 4.78 is 0. The lowest BCUT2D eigenvalue weighted by Gasteiger charge is -2.21. The van der Waals surface area contributed by atoms with Gasteiger partial charge in [0.2, 0.25) is 0 Å². The zero-order valence-corrected chi connectivity index (χ0v) is 20.6. The molecule has 176 valence electrons. The molecule has 0 heterocycles. The number of rotatable bonds is 7. The SMILES string of the molecule is CCc1ccc(C(=O)C(O)c2ccccc2)c(-c2ccccc2)c1C(=O)c1c(C)cc(C)cc1C. The van der Waals surface area contributed by atoms with Crippen LogP contribution in [0.4, 0.5) is 0 Å². The highest BCUT2D eigenvalue weighted by Crippen LogP contribution is 2.36. The third kappa shape index (κ3) is 4.73. The smallest absolute Gasteiger partial charge is 0.196 e. The Bertz CT molecular complexity index is 1360. The molecule has 1 unspecified atom stereocenters. The monoisotopic (exact) mass is 462 g/mol. The number of aliphatic hydroxyl groups is 1. The topological polar surface area (TPSA) is 54.4 Å². The lowest BCUT2D eigenvalue weighted by molar-refractivity contribution is 0.0748. The molecule has 4 aromatic carbocycles. The van der Waals surface area contributed by atoms with Gasteiger partial charge in [0.1, 0.15) is 6.10 Å². The van der Waals surface area contributed by atoms with E-state index in [-0.39, 0.29) is 5.78 Å². The van der Waals surface area contributed by atoms with Gasteiger partial charge in [-0.25, -0.2) is 0 Å². The fourth-order valence-electron chi connectivity index (χ4n) is 4.91. The largest absolute Gasteiger partial charge is 0.380 e. The molecular weight excluding hydrogens is 432 g/mol. The Morgan fingerprint density at radius 3 is 1.91 bits per heavy atom. The molecule has 0 aliphatic carbocycles. The zero-order valence-electron chi connectivity index (χ0n) is 20.6. The molecule has 0 aromatic heterocycles. The maximum atomic E-state index is 14.2. The number of aryl methyl sites for hydroxylation is 4. The van der Waals surface area contributed by atoms with E-state index < -0.39 is 11.9 Å². The Labute approximate surface area is 207 Å². The number of Topliss-reactive ketones (excluding diaryl/α,β-unsaturated/α-hetero) is 1. The molecule has 35 heavy (non-hydrogen) atoms. The second-order valence-electron chi connectivity index (χ2n) is 9.02. The van der Waals surface area contributed by atoms with Crippen molar-refractivity contribution in [2.24, 2.45) is 0 Å². The van der Waals surface area contributed by atoms with Gasteiger partial charge in [-0.15, -0.1) is 0 Å². The lowest BCUT2D eigenvalue weighted by atomic mass is 9.82. The van der Waals surface area contributed by atoms with Crippen molar-refractivity contribution >= 4 is 11.6 Å². The molecule has 4 rings (SSSR count). The highest BCUT2D eigenvalue weighted by Gasteiger charge is 2.29. The van der Waals surface area contributed by atoms with Gasteiger partial charge in [-0.1, -0.05) is 97.4 Å².